The minimum Gasteiger partial charge on any atom is -0.494 e. The van der Waals surface area contributed by atoms with E-state index in [1.807, 2.05) is 0 Å². The summed E-state index contributed by atoms with van der Waals surface area (Å²) >= 11 is 0. The third-order valence-electron chi connectivity index (χ3n) is 2.86. The lowest BCUT2D eigenvalue weighted by Crippen LogP contribution is -2.02. The lowest BCUT2D eigenvalue weighted by Gasteiger charge is -2.09. The minimum absolute atomic E-state index is 0.0925. The van der Waals surface area contributed by atoms with Crippen molar-refractivity contribution in [2.75, 3.05) is 12.4 Å². The van der Waals surface area contributed by atoms with Crippen LogP contribution < -0.4 is 10.1 Å². The molecular formula is C14H12F2N2O3. The first-order valence-corrected chi connectivity index (χ1v) is 6.01. The third kappa shape index (κ3) is 3.44. The second-order valence-corrected chi connectivity index (χ2v) is 4.25. The van der Waals surface area contributed by atoms with Gasteiger partial charge in [-0.15, -0.1) is 0 Å². The number of halogens is 2. The van der Waals surface area contributed by atoms with Crippen molar-refractivity contribution in [3.8, 4) is 5.75 Å². The quantitative estimate of drug-likeness (QED) is 0.677. The molecule has 0 unspecified atom stereocenters. The van der Waals surface area contributed by atoms with E-state index in [0.29, 0.717) is 11.3 Å². The predicted octanol–water partition coefficient (Wildman–Crippen LogP) is 3.49. The Morgan fingerprint density at radius 2 is 1.95 bits per heavy atom. The van der Waals surface area contributed by atoms with E-state index in [9.17, 15) is 18.9 Å². The highest BCUT2D eigenvalue weighted by molar-refractivity contribution is 5.49. The first-order chi connectivity index (χ1) is 10.0. The number of nitrogens with zero attached hydrogens (tertiary/aromatic N) is 1. The Kier molecular flexibility index (Phi) is 4.32. The molecular weight excluding hydrogens is 282 g/mol. The van der Waals surface area contributed by atoms with E-state index in [4.69, 9.17) is 4.74 Å². The van der Waals surface area contributed by atoms with Crippen LogP contribution in [0.5, 0.6) is 5.75 Å². The van der Waals surface area contributed by atoms with Crippen molar-refractivity contribution in [3.63, 3.8) is 0 Å². The van der Waals surface area contributed by atoms with Gasteiger partial charge in [0.25, 0.3) is 0 Å². The first-order valence-electron chi connectivity index (χ1n) is 6.01. The summed E-state index contributed by atoms with van der Waals surface area (Å²) in [6.07, 6.45) is 0. The highest BCUT2D eigenvalue weighted by Gasteiger charge is 2.13. The smallest absolute Gasteiger partial charge is 0.304 e. The van der Waals surface area contributed by atoms with Crippen LogP contribution in [0, 0.1) is 21.7 Å². The van der Waals surface area contributed by atoms with Crippen molar-refractivity contribution >= 4 is 11.4 Å². The maximum absolute atomic E-state index is 13.5. The Balaban J connectivity index is 2.09. The van der Waals surface area contributed by atoms with Gasteiger partial charge in [0.2, 0.25) is 5.82 Å². The molecule has 0 aliphatic carbocycles. The average molecular weight is 294 g/mol. The summed E-state index contributed by atoms with van der Waals surface area (Å²) < 4.78 is 31.5. The van der Waals surface area contributed by atoms with Gasteiger partial charge < -0.3 is 10.1 Å². The molecule has 1 N–H and O–H groups in total. The van der Waals surface area contributed by atoms with Gasteiger partial charge in [0, 0.05) is 24.4 Å². The molecule has 0 spiro atoms. The maximum atomic E-state index is 13.5. The molecule has 0 aliphatic heterocycles. The second kappa shape index (κ2) is 6.17. The topological polar surface area (TPSA) is 64.4 Å². The van der Waals surface area contributed by atoms with E-state index in [2.05, 4.69) is 5.32 Å². The van der Waals surface area contributed by atoms with E-state index in [1.54, 1.807) is 0 Å². The lowest BCUT2D eigenvalue weighted by molar-refractivity contribution is -0.387. The molecule has 0 aromatic heterocycles. The molecule has 0 fully saturated rings. The van der Waals surface area contributed by atoms with Crippen LogP contribution in [0.2, 0.25) is 0 Å². The molecule has 0 heterocycles. The SMILES string of the molecule is COc1cc(NCc2ccc([N+](=O)[O-])c(F)c2)ccc1F. The van der Waals surface area contributed by atoms with Crippen LogP contribution in [-0.2, 0) is 6.54 Å². The summed E-state index contributed by atoms with van der Waals surface area (Å²) in [6.45, 7) is 0.240. The van der Waals surface area contributed by atoms with Crippen LogP contribution in [0.4, 0.5) is 20.2 Å². The van der Waals surface area contributed by atoms with Crippen LogP contribution in [0.15, 0.2) is 36.4 Å². The zero-order chi connectivity index (χ0) is 15.4. The fourth-order valence-corrected chi connectivity index (χ4v) is 1.78. The summed E-state index contributed by atoms with van der Waals surface area (Å²) in [7, 11) is 1.36. The van der Waals surface area contributed by atoms with Crippen molar-refractivity contribution in [1.29, 1.82) is 0 Å². The number of nitro groups is 1. The monoisotopic (exact) mass is 294 g/mol. The summed E-state index contributed by atoms with van der Waals surface area (Å²) in [6, 6.07) is 7.88. The second-order valence-electron chi connectivity index (χ2n) is 4.25. The number of hydrogen-bond acceptors (Lipinski definition) is 4. The van der Waals surface area contributed by atoms with Crippen LogP contribution in [0.1, 0.15) is 5.56 Å². The van der Waals surface area contributed by atoms with Gasteiger partial charge in [0.1, 0.15) is 0 Å². The van der Waals surface area contributed by atoms with Crippen LogP contribution >= 0.6 is 0 Å². The van der Waals surface area contributed by atoms with Crippen molar-refractivity contribution < 1.29 is 18.4 Å². The minimum atomic E-state index is -0.893. The Morgan fingerprint density at radius 1 is 1.19 bits per heavy atom. The maximum Gasteiger partial charge on any atom is 0.304 e. The van der Waals surface area contributed by atoms with E-state index in [-0.39, 0.29) is 12.3 Å². The highest BCUT2D eigenvalue weighted by atomic mass is 19.1. The Morgan fingerprint density at radius 3 is 2.57 bits per heavy atom. The van der Waals surface area contributed by atoms with Crippen LogP contribution in [0.25, 0.3) is 0 Å². The van der Waals surface area contributed by atoms with Gasteiger partial charge in [-0.2, -0.15) is 4.39 Å². The highest BCUT2D eigenvalue weighted by Crippen LogP contribution is 2.23. The molecule has 0 amide bonds. The molecule has 2 rings (SSSR count). The number of benzene rings is 2. The molecule has 21 heavy (non-hydrogen) atoms. The van der Waals surface area contributed by atoms with Crippen molar-refractivity contribution in [1.82, 2.24) is 0 Å². The standard InChI is InChI=1S/C14H12F2N2O3/c1-21-14-7-10(3-4-11(14)15)17-8-9-2-5-13(18(19)20)12(16)6-9/h2-7,17H,8H2,1H3. The fourth-order valence-electron chi connectivity index (χ4n) is 1.78. The summed E-state index contributed by atoms with van der Waals surface area (Å²) in [5, 5.41) is 13.5. The molecule has 2 aromatic carbocycles. The molecule has 5 nitrogen and oxygen atoms in total. The molecule has 0 bridgehead atoms. The summed E-state index contributed by atoms with van der Waals surface area (Å²) in [5.74, 6) is -1.28. The number of rotatable bonds is 5. The molecule has 7 heteroatoms. The number of hydrogen-bond donors (Lipinski definition) is 1. The number of methoxy groups -OCH3 is 1. The molecule has 0 saturated heterocycles. The molecule has 2 aromatic rings. The zero-order valence-electron chi connectivity index (χ0n) is 11.1. The molecule has 0 atom stereocenters. The number of ether oxygens (including phenoxy) is 1. The Labute approximate surface area is 119 Å². The molecule has 0 saturated carbocycles. The Bertz CT molecular complexity index is 677. The van der Waals surface area contributed by atoms with Gasteiger partial charge in [0.15, 0.2) is 11.6 Å². The summed E-state index contributed by atoms with van der Waals surface area (Å²) in [4.78, 5) is 9.74. The van der Waals surface area contributed by atoms with Crippen molar-refractivity contribution in [2.45, 2.75) is 6.54 Å². The van der Waals surface area contributed by atoms with E-state index >= 15 is 0 Å². The van der Waals surface area contributed by atoms with E-state index in [1.165, 1.54) is 31.4 Å². The van der Waals surface area contributed by atoms with E-state index in [0.717, 1.165) is 12.1 Å². The van der Waals surface area contributed by atoms with Crippen molar-refractivity contribution in [3.05, 3.63) is 63.7 Å². The predicted molar refractivity (Wildman–Crippen MR) is 73.3 cm³/mol. The van der Waals surface area contributed by atoms with Gasteiger partial charge in [-0.1, -0.05) is 6.07 Å². The fraction of sp³-hybridized carbons (Fsp3) is 0.143. The number of nitrogens with one attached hydrogen (secondary N) is 1. The van der Waals surface area contributed by atoms with Crippen LogP contribution in [-0.4, -0.2) is 12.0 Å². The van der Waals surface area contributed by atoms with Crippen molar-refractivity contribution in [2.24, 2.45) is 0 Å². The van der Waals surface area contributed by atoms with Crippen LogP contribution in [0.3, 0.4) is 0 Å². The molecule has 110 valence electrons. The number of anilines is 1. The van der Waals surface area contributed by atoms with Gasteiger partial charge in [-0.3, -0.25) is 10.1 Å². The largest absolute Gasteiger partial charge is 0.494 e. The average Bonchev–Trinajstić information content (AvgIpc) is 2.46. The van der Waals surface area contributed by atoms with Gasteiger partial charge in [0.05, 0.1) is 12.0 Å². The molecule has 0 aliphatic rings. The van der Waals surface area contributed by atoms with Gasteiger partial charge >= 0.3 is 5.69 Å². The van der Waals surface area contributed by atoms with Gasteiger partial charge in [-0.25, -0.2) is 4.39 Å². The first kappa shape index (κ1) is 14.7. The normalized spacial score (nSPS) is 10.2. The van der Waals surface area contributed by atoms with E-state index < -0.39 is 22.2 Å². The summed E-state index contributed by atoms with van der Waals surface area (Å²) in [5.41, 5.74) is 0.551. The third-order valence-corrected chi connectivity index (χ3v) is 2.86. The Hall–Kier alpha value is -2.70. The zero-order valence-corrected chi connectivity index (χ0v) is 11.1. The number of nitro benzene ring substituents is 1. The van der Waals surface area contributed by atoms with Gasteiger partial charge in [-0.05, 0) is 23.8 Å². The lowest BCUT2D eigenvalue weighted by atomic mass is 10.2. The molecule has 0 radical (unpaired) electrons.